The highest BCUT2D eigenvalue weighted by atomic mass is 19.2. The van der Waals surface area contributed by atoms with E-state index in [1.807, 2.05) is 44.2 Å². The molecule has 0 aliphatic heterocycles. The van der Waals surface area contributed by atoms with Crippen molar-refractivity contribution in [3.63, 3.8) is 0 Å². The lowest BCUT2D eigenvalue weighted by Gasteiger charge is -2.27. The fourth-order valence-electron chi connectivity index (χ4n) is 2.39. The molecular formula is C19H19F3N2O2. The fraction of sp³-hybridized carbons (Fsp3) is 0.263. The van der Waals surface area contributed by atoms with Crippen molar-refractivity contribution in [1.29, 1.82) is 0 Å². The average molecular weight is 364 g/mol. The van der Waals surface area contributed by atoms with E-state index in [0.717, 1.165) is 11.6 Å². The van der Waals surface area contributed by atoms with Crippen molar-refractivity contribution in [3.8, 4) is 0 Å². The summed E-state index contributed by atoms with van der Waals surface area (Å²) in [6.07, 6.45) is 0. The molecule has 26 heavy (non-hydrogen) atoms. The van der Waals surface area contributed by atoms with Gasteiger partial charge in [-0.3, -0.25) is 9.59 Å². The second-order valence-electron chi connectivity index (χ2n) is 6.01. The summed E-state index contributed by atoms with van der Waals surface area (Å²) < 4.78 is 39.8. The molecule has 7 heteroatoms. The zero-order chi connectivity index (χ0) is 19.3. The van der Waals surface area contributed by atoms with Gasteiger partial charge in [-0.15, -0.1) is 0 Å². The number of rotatable bonds is 6. The van der Waals surface area contributed by atoms with E-state index in [0.29, 0.717) is 12.6 Å². The molecule has 0 aromatic heterocycles. The molecule has 138 valence electrons. The normalized spacial score (nSPS) is 10.7. The Labute approximate surface area is 149 Å². The molecule has 0 aliphatic rings. The van der Waals surface area contributed by atoms with Crippen LogP contribution in [0, 0.1) is 17.5 Å². The quantitative estimate of drug-likeness (QED) is 0.800. The van der Waals surface area contributed by atoms with Gasteiger partial charge in [-0.2, -0.15) is 0 Å². The van der Waals surface area contributed by atoms with Crippen molar-refractivity contribution in [1.82, 2.24) is 10.2 Å². The van der Waals surface area contributed by atoms with Gasteiger partial charge in [-0.1, -0.05) is 30.3 Å². The maximum Gasteiger partial charge on any atom is 0.254 e. The van der Waals surface area contributed by atoms with E-state index in [-0.39, 0.29) is 18.5 Å². The van der Waals surface area contributed by atoms with Gasteiger partial charge in [0, 0.05) is 12.6 Å². The molecule has 2 aromatic rings. The number of benzene rings is 2. The van der Waals surface area contributed by atoms with Crippen LogP contribution in [0.3, 0.4) is 0 Å². The molecule has 0 saturated heterocycles. The monoisotopic (exact) mass is 364 g/mol. The summed E-state index contributed by atoms with van der Waals surface area (Å²) in [5.41, 5.74) is 0.267. The number of carbonyl (C=O) groups excluding carboxylic acids is 2. The van der Waals surface area contributed by atoms with Crippen LogP contribution < -0.4 is 5.32 Å². The SMILES string of the molecule is CC(C)N(Cc1ccccc1)C(=O)CNC(=O)c1ccc(F)c(F)c1F. The van der Waals surface area contributed by atoms with Crippen LogP contribution in [-0.4, -0.2) is 29.3 Å². The van der Waals surface area contributed by atoms with E-state index in [9.17, 15) is 22.8 Å². The number of hydrogen-bond acceptors (Lipinski definition) is 2. The van der Waals surface area contributed by atoms with Crippen LogP contribution in [0.5, 0.6) is 0 Å². The molecule has 0 saturated carbocycles. The molecule has 0 aliphatic carbocycles. The highest BCUT2D eigenvalue weighted by Crippen LogP contribution is 2.15. The molecule has 1 N–H and O–H groups in total. The second kappa shape index (κ2) is 8.51. The third-order valence-corrected chi connectivity index (χ3v) is 3.82. The first-order valence-electron chi connectivity index (χ1n) is 8.06. The number of carbonyl (C=O) groups is 2. The Kier molecular flexibility index (Phi) is 6.38. The fourth-order valence-corrected chi connectivity index (χ4v) is 2.39. The summed E-state index contributed by atoms with van der Waals surface area (Å²) in [6.45, 7) is 3.63. The number of hydrogen-bond donors (Lipinski definition) is 1. The predicted octanol–water partition coefficient (Wildman–Crippen LogP) is 3.27. The van der Waals surface area contributed by atoms with Gasteiger partial charge in [0.2, 0.25) is 5.91 Å². The maximum absolute atomic E-state index is 13.6. The molecule has 2 aromatic carbocycles. The van der Waals surface area contributed by atoms with Crippen LogP contribution in [0.4, 0.5) is 13.2 Å². The Morgan fingerprint density at radius 3 is 2.27 bits per heavy atom. The van der Waals surface area contributed by atoms with E-state index < -0.39 is 28.9 Å². The van der Waals surface area contributed by atoms with Crippen LogP contribution in [0.1, 0.15) is 29.8 Å². The molecule has 0 atom stereocenters. The molecule has 0 fully saturated rings. The summed E-state index contributed by atoms with van der Waals surface area (Å²) in [6, 6.07) is 10.7. The van der Waals surface area contributed by atoms with Crippen molar-refractivity contribution in [3.05, 3.63) is 71.0 Å². The number of nitrogens with zero attached hydrogens (tertiary/aromatic N) is 1. The Morgan fingerprint density at radius 2 is 1.65 bits per heavy atom. The molecule has 2 amide bonds. The number of amides is 2. The van der Waals surface area contributed by atoms with Crippen LogP contribution in [-0.2, 0) is 11.3 Å². The number of halogens is 3. The van der Waals surface area contributed by atoms with E-state index in [2.05, 4.69) is 5.32 Å². The van der Waals surface area contributed by atoms with Crippen LogP contribution in [0.15, 0.2) is 42.5 Å². The molecule has 0 spiro atoms. The van der Waals surface area contributed by atoms with Gasteiger partial charge in [0.25, 0.3) is 5.91 Å². The van der Waals surface area contributed by atoms with E-state index in [1.165, 1.54) is 0 Å². The highest BCUT2D eigenvalue weighted by molar-refractivity contribution is 5.96. The van der Waals surface area contributed by atoms with Crippen molar-refractivity contribution >= 4 is 11.8 Å². The van der Waals surface area contributed by atoms with Crippen LogP contribution >= 0.6 is 0 Å². The smallest absolute Gasteiger partial charge is 0.254 e. The summed E-state index contributed by atoms with van der Waals surface area (Å²) >= 11 is 0. The summed E-state index contributed by atoms with van der Waals surface area (Å²) in [4.78, 5) is 25.9. The van der Waals surface area contributed by atoms with Gasteiger partial charge in [0.05, 0.1) is 12.1 Å². The van der Waals surface area contributed by atoms with Gasteiger partial charge in [-0.25, -0.2) is 13.2 Å². The molecule has 0 radical (unpaired) electrons. The maximum atomic E-state index is 13.6. The van der Waals surface area contributed by atoms with Gasteiger partial charge in [-0.05, 0) is 31.5 Å². The Morgan fingerprint density at radius 1 is 1.00 bits per heavy atom. The Balaban J connectivity index is 2.03. The van der Waals surface area contributed by atoms with Crippen molar-refractivity contribution in [2.75, 3.05) is 6.54 Å². The highest BCUT2D eigenvalue weighted by Gasteiger charge is 2.21. The second-order valence-corrected chi connectivity index (χ2v) is 6.01. The minimum atomic E-state index is -1.73. The summed E-state index contributed by atoms with van der Waals surface area (Å²) in [5, 5.41) is 2.25. The topological polar surface area (TPSA) is 49.4 Å². The van der Waals surface area contributed by atoms with Crippen molar-refractivity contribution in [2.45, 2.75) is 26.4 Å². The van der Waals surface area contributed by atoms with Crippen molar-refractivity contribution < 1.29 is 22.8 Å². The standard InChI is InChI=1S/C19H19F3N2O2/c1-12(2)24(11-13-6-4-3-5-7-13)16(25)10-23-19(26)14-8-9-15(20)18(22)17(14)21/h3-9,12H,10-11H2,1-2H3,(H,23,26). The molecule has 4 nitrogen and oxygen atoms in total. The lowest BCUT2D eigenvalue weighted by atomic mass is 10.1. The van der Waals surface area contributed by atoms with Gasteiger partial charge >= 0.3 is 0 Å². The largest absolute Gasteiger partial charge is 0.343 e. The summed E-state index contributed by atoms with van der Waals surface area (Å²) in [5.74, 6) is -6.06. The third kappa shape index (κ3) is 4.62. The van der Waals surface area contributed by atoms with Gasteiger partial charge < -0.3 is 10.2 Å². The molecule has 0 heterocycles. The van der Waals surface area contributed by atoms with Crippen LogP contribution in [0.25, 0.3) is 0 Å². The van der Waals surface area contributed by atoms with E-state index in [1.54, 1.807) is 4.90 Å². The lowest BCUT2D eigenvalue weighted by molar-refractivity contribution is -0.132. The van der Waals surface area contributed by atoms with E-state index >= 15 is 0 Å². The molecule has 0 unspecified atom stereocenters. The van der Waals surface area contributed by atoms with E-state index in [4.69, 9.17) is 0 Å². The van der Waals surface area contributed by atoms with Crippen molar-refractivity contribution in [2.24, 2.45) is 0 Å². The minimum absolute atomic E-state index is 0.125. The molecular weight excluding hydrogens is 345 g/mol. The Hall–Kier alpha value is -2.83. The average Bonchev–Trinajstić information content (AvgIpc) is 2.62. The first kappa shape index (κ1) is 19.5. The number of nitrogens with one attached hydrogen (secondary N) is 1. The van der Waals surface area contributed by atoms with Gasteiger partial charge in [0.15, 0.2) is 17.5 Å². The lowest BCUT2D eigenvalue weighted by Crippen LogP contribution is -2.43. The minimum Gasteiger partial charge on any atom is -0.343 e. The first-order chi connectivity index (χ1) is 12.3. The van der Waals surface area contributed by atoms with Crippen LogP contribution in [0.2, 0.25) is 0 Å². The molecule has 0 bridgehead atoms. The Bertz CT molecular complexity index is 795. The zero-order valence-corrected chi connectivity index (χ0v) is 14.4. The predicted molar refractivity (Wildman–Crippen MR) is 90.8 cm³/mol. The van der Waals surface area contributed by atoms with Gasteiger partial charge in [0.1, 0.15) is 0 Å². The first-order valence-corrected chi connectivity index (χ1v) is 8.06. The third-order valence-electron chi connectivity index (χ3n) is 3.82. The molecule has 2 rings (SSSR count). The zero-order valence-electron chi connectivity index (χ0n) is 14.4. The summed E-state index contributed by atoms with van der Waals surface area (Å²) in [7, 11) is 0.